The first kappa shape index (κ1) is 19.3. The Morgan fingerprint density at radius 2 is 1.74 bits per heavy atom. The molecule has 1 aliphatic rings. The average Bonchev–Trinajstić information content (AvgIpc) is 3.23. The molecular formula is C25H24N4O2. The van der Waals surface area contributed by atoms with Crippen molar-refractivity contribution in [2.75, 3.05) is 36.5 Å². The maximum atomic E-state index is 12.7. The Balaban J connectivity index is 1.31. The van der Waals surface area contributed by atoms with Crippen LogP contribution in [0.5, 0.6) is 0 Å². The molecule has 0 bridgehead atoms. The molecule has 0 aliphatic carbocycles. The number of fused-ring (bicyclic) bond motifs is 1. The number of rotatable bonds is 4. The van der Waals surface area contributed by atoms with Crippen LogP contribution < -0.4 is 10.2 Å². The molecule has 1 aliphatic heterocycles. The maximum Gasteiger partial charge on any atom is 0.255 e. The Labute approximate surface area is 180 Å². The molecular weight excluding hydrogens is 388 g/mol. The molecule has 0 saturated carbocycles. The van der Waals surface area contributed by atoms with E-state index < -0.39 is 0 Å². The van der Waals surface area contributed by atoms with Crippen LogP contribution in [-0.2, 0) is 4.74 Å². The van der Waals surface area contributed by atoms with E-state index in [1.54, 1.807) is 0 Å². The lowest BCUT2D eigenvalue weighted by atomic mass is 10.1. The van der Waals surface area contributed by atoms with Crippen LogP contribution in [0.1, 0.15) is 15.9 Å². The van der Waals surface area contributed by atoms with Gasteiger partial charge in [0.25, 0.3) is 5.91 Å². The predicted octanol–water partition coefficient (Wildman–Crippen LogP) is 4.63. The number of benzene rings is 3. The number of carbonyl (C=O) groups is 1. The molecule has 3 aromatic carbocycles. The Kier molecular flexibility index (Phi) is 5.14. The van der Waals surface area contributed by atoms with Crippen LogP contribution in [0.4, 0.5) is 11.4 Å². The molecule has 0 unspecified atom stereocenters. The summed E-state index contributed by atoms with van der Waals surface area (Å²) in [6, 6.07) is 21.7. The second kappa shape index (κ2) is 8.24. The van der Waals surface area contributed by atoms with Gasteiger partial charge in [-0.3, -0.25) is 4.79 Å². The minimum absolute atomic E-state index is 0.133. The van der Waals surface area contributed by atoms with Crippen LogP contribution in [0.15, 0.2) is 66.7 Å². The summed E-state index contributed by atoms with van der Waals surface area (Å²) in [5, 5.41) is 2.99. The summed E-state index contributed by atoms with van der Waals surface area (Å²) in [6.45, 7) is 5.29. The number of H-pyrrole nitrogens is 1. The van der Waals surface area contributed by atoms with Crippen molar-refractivity contribution in [1.82, 2.24) is 9.97 Å². The van der Waals surface area contributed by atoms with Gasteiger partial charge in [0, 0.05) is 35.6 Å². The highest BCUT2D eigenvalue weighted by Crippen LogP contribution is 2.24. The molecule has 1 amide bonds. The first-order valence-electron chi connectivity index (χ1n) is 10.5. The summed E-state index contributed by atoms with van der Waals surface area (Å²) < 4.78 is 5.40. The zero-order valence-electron chi connectivity index (χ0n) is 17.4. The lowest BCUT2D eigenvalue weighted by Crippen LogP contribution is -2.36. The number of nitrogens with zero attached hydrogens (tertiary/aromatic N) is 2. The fourth-order valence-corrected chi connectivity index (χ4v) is 3.78. The summed E-state index contributed by atoms with van der Waals surface area (Å²) in [5.41, 5.74) is 6.47. The van der Waals surface area contributed by atoms with Gasteiger partial charge in [-0.15, -0.1) is 0 Å². The highest BCUT2D eigenvalue weighted by molar-refractivity contribution is 6.05. The number of carbonyl (C=O) groups excluding carboxylic acids is 1. The number of aryl methyl sites for hydroxylation is 1. The fraction of sp³-hybridized carbons (Fsp3) is 0.200. The third-order valence-electron chi connectivity index (χ3n) is 5.57. The zero-order chi connectivity index (χ0) is 21.2. The molecule has 5 rings (SSSR count). The Bertz CT molecular complexity index is 1210. The molecule has 6 heteroatoms. The van der Waals surface area contributed by atoms with Gasteiger partial charge in [0.05, 0.1) is 24.2 Å². The van der Waals surface area contributed by atoms with Gasteiger partial charge in [-0.05, 0) is 49.4 Å². The van der Waals surface area contributed by atoms with Gasteiger partial charge in [0.15, 0.2) is 0 Å². The Morgan fingerprint density at radius 3 is 2.48 bits per heavy atom. The molecule has 0 spiro atoms. The van der Waals surface area contributed by atoms with E-state index in [9.17, 15) is 4.79 Å². The van der Waals surface area contributed by atoms with Crippen LogP contribution in [-0.4, -0.2) is 42.2 Å². The second-order valence-corrected chi connectivity index (χ2v) is 7.78. The number of aromatic amines is 1. The van der Waals surface area contributed by atoms with E-state index in [1.807, 2.05) is 42.5 Å². The van der Waals surface area contributed by atoms with Crippen molar-refractivity contribution in [2.24, 2.45) is 0 Å². The number of amides is 1. The summed E-state index contributed by atoms with van der Waals surface area (Å²) in [5.74, 6) is 0.684. The molecule has 156 valence electrons. The van der Waals surface area contributed by atoms with E-state index in [2.05, 4.69) is 51.4 Å². The van der Waals surface area contributed by atoms with Crippen molar-refractivity contribution >= 4 is 28.3 Å². The summed E-state index contributed by atoms with van der Waals surface area (Å²) in [6.07, 6.45) is 0. The maximum absolute atomic E-state index is 12.7. The van der Waals surface area contributed by atoms with Crippen LogP contribution in [0.2, 0.25) is 0 Å². The van der Waals surface area contributed by atoms with Gasteiger partial charge in [-0.1, -0.05) is 29.8 Å². The number of anilines is 2. The minimum atomic E-state index is -0.133. The van der Waals surface area contributed by atoms with Gasteiger partial charge in [0.1, 0.15) is 5.82 Å². The number of morpholine rings is 1. The lowest BCUT2D eigenvalue weighted by molar-refractivity contribution is 0.102. The monoisotopic (exact) mass is 412 g/mol. The minimum Gasteiger partial charge on any atom is -0.378 e. The Morgan fingerprint density at radius 1 is 1.00 bits per heavy atom. The topological polar surface area (TPSA) is 70.2 Å². The van der Waals surface area contributed by atoms with Gasteiger partial charge >= 0.3 is 0 Å². The Hall–Kier alpha value is -3.64. The van der Waals surface area contributed by atoms with E-state index >= 15 is 0 Å². The first-order chi connectivity index (χ1) is 15.2. The van der Waals surface area contributed by atoms with Crippen molar-refractivity contribution in [2.45, 2.75) is 6.92 Å². The number of aromatic nitrogens is 2. The molecule has 1 fully saturated rings. The summed E-state index contributed by atoms with van der Waals surface area (Å²) >= 11 is 0. The van der Waals surface area contributed by atoms with Crippen molar-refractivity contribution in [1.29, 1.82) is 0 Å². The highest BCUT2D eigenvalue weighted by atomic mass is 16.5. The van der Waals surface area contributed by atoms with E-state index in [1.165, 1.54) is 5.56 Å². The zero-order valence-corrected chi connectivity index (χ0v) is 17.4. The van der Waals surface area contributed by atoms with Crippen LogP contribution in [0.25, 0.3) is 22.4 Å². The number of hydrogen-bond donors (Lipinski definition) is 2. The van der Waals surface area contributed by atoms with E-state index in [-0.39, 0.29) is 5.91 Å². The highest BCUT2D eigenvalue weighted by Gasteiger charge is 2.13. The summed E-state index contributed by atoms with van der Waals surface area (Å²) in [7, 11) is 0. The van der Waals surface area contributed by atoms with Gasteiger partial charge in [-0.2, -0.15) is 0 Å². The molecule has 4 aromatic rings. The number of nitrogens with one attached hydrogen (secondary N) is 2. The average molecular weight is 412 g/mol. The van der Waals surface area contributed by atoms with Crippen molar-refractivity contribution < 1.29 is 9.53 Å². The van der Waals surface area contributed by atoms with Crippen LogP contribution in [0, 0.1) is 6.92 Å². The number of imidazole rings is 1. The van der Waals surface area contributed by atoms with E-state index in [4.69, 9.17) is 4.74 Å². The lowest BCUT2D eigenvalue weighted by Gasteiger charge is -2.28. The van der Waals surface area contributed by atoms with Gasteiger partial charge in [0.2, 0.25) is 0 Å². The number of hydrogen-bond acceptors (Lipinski definition) is 4. The molecule has 0 radical (unpaired) electrons. The van der Waals surface area contributed by atoms with Gasteiger partial charge in [-0.25, -0.2) is 4.98 Å². The fourth-order valence-electron chi connectivity index (χ4n) is 3.78. The van der Waals surface area contributed by atoms with Crippen LogP contribution in [0.3, 0.4) is 0 Å². The molecule has 2 heterocycles. The predicted molar refractivity (Wildman–Crippen MR) is 124 cm³/mol. The van der Waals surface area contributed by atoms with Crippen molar-refractivity contribution in [3.8, 4) is 11.4 Å². The normalized spacial score (nSPS) is 14.0. The summed E-state index contributed by atoms with van der Waals surface area (Å²) in [4.78, 5) is 23.0. The standard InChI is InChI=1S/C25H24N4O2/c1-17-2-4-18(5-3-17)24-27-22-11-8-20(16-23(22)28-24)26-25(30)19-6-9-21(10-7-19)29-12-14-31-15-13-29/h2-11,16H,12-15H2,1H3,(H,26,30)(H,27,28). The van der Waals surface area contributed by atoms with E-state index in [0.717, 1.165) is 60.1 Å². The van der Waals surface area contributed by atoms with Crippen molar-refractivity contribution in [3.05, 3.63) is 77.9 Å². The molecule has 2 N–H and O–H groups in total. The quantitative estimate of drug-likeness (QED) is 0.513. The van der Waals surface area contributed by atoms with Crippen molar-refractivity contribution in [3.63, 3.8) is 0 Å². The molecule has 1 aromatic heterocycles. The molecule has 0 atom stereocenters. The van der Waals surface area contributed by atoms with Gasteiger partial charge < -0.3 is 19.9 Å². The second-order valence-electron chi connectivity index (χ2n) is 7.78. The third kappa shape index (κ3) is 4.15. The third-order valence-corrected chi connectivity index (χ3v) is 5.57. The largest absolute Gasteiger partial charge is 0.378 e. The molecule has 6 nitrogen and oxygen atoms in total. The molecule has 1 saturated heterocycles. The van der Waals surface area contributed by atoms with E-state index in [0.29, 0.717) is 5.56 Å². The molecule has 31 heavy (non-hydrogen) atoms. The SMILES string of the molecule is Cc1ccc(-c2nc3ccc(NC(=O)c4ccc(N5CCOCC5)cc4)cc3[nH]2)cc1. The number of ether oxygens (including phenoxy) is 1. The smallest absolute Gasteiger partial charge is 0.255 e. The first-order valence-corrected chi connectivity index (χ1v) is 10.5. The van der Waals surface area contributed by atoms with Crippen LogP contribution >= 0.6 is 0 Å².